The van der Waals surface area contributed by atoms with Crippen LogP contribution in [-0.4, -0.2) is 23.6 Å². The van der Waals surface area contributed by atoms with Gasteiger partial charge in [0.1, 0.15) is 0 Å². The minimum Gasteiger partial charge on any atom is -0.313 e. The summed E-state index contributed by atoms with van der Waals surface area (Å²) in [6.07, 6.45) is 0. The fraction of sp³-hybridized carbons (Fsp3) is 1.00. The first-order chi connectivity index (χ1) is 5.61. The van der Waals surface area contributed by atoms with Crippen LogP contribution in [0.15, 0.2) is 0 Å². The van der Waals surface area contributed by atoms with E-state index in [1.54, 1.807) is 0 Å². The maximum absolute atomic E-state index is 3.60. The first-order valence-electron chi connectivity index (χ1n) is 4.96. The Balaban J connectivity index is 2.50. The van der Waals surface area contributed by atoms with Crippen molar-refractivity contribution in [1.82, 2.24) is 5.32 Å². The molecule has 0 spiro atoms. The topological polar surface area (TPSA) is 12.0 Å². The first kappa shape index (κ1) is 10.4. The Kier molecular flexibility index (Phi) is 3.91. The standard InChI is InChI=1S/C10H21NS/c1-7(2)10-9(4)11-5-8(3)6-12-10/h7-11H,5-6H2,1-4H3. The normalized spacial score (nSPS) is 38.2. The summed E-state index contributed by atoms with van der Waals surface area (Å²) >= 11 is 2.15. The molecule has 0 radical (unpaired) electrons. The molecule has 0 saturated carbocycles. The van der Waals surface area contributed by atoms with E-state index in [9.17, 15) is 0 Å². The lowest BCUT2D eigenvalue weighted by Crippen LogP contribution is -2.37. The summed E-state index contributed by atoms with van der Waals surface area (Å²) in [5.41, 5.74) is 0. The molecule has 2 heteroatoms. The molecule has 1 N–H and O–H groups in total. The minimum absolute atomic E-state index is 0.681. The zero-order chi connectivity index (χ0) is 9.14. The van der Waals surface area contributed by atoms with Crippen molar-refractivity contribution in [2.45, 2.75) is 39.0 Å². The molecule has 12 heavy (non-hydrogen) atoms. The van der Waals surface area contributed by atoms with Crippen LogP contribution in [0.3, 0.4) is 0 Å². The molecule has 0 amide bonds. The average molecular weight is 187 g/mol. The van der Waals surface area contributed by atoms with Gasteiger partial charge in [0.2, 0.25) is 0 Å². The lowest BCUT2D eigenvalue weighted by atomic mass is 10.0. The van der Waals surface area contributed by atoms with Crippen molar-refractivity contribution in [3.63, 3.8) is 0 Å². The number of rotatable bonds is 1. The van der Waals surface area contributed by atoms with E-state index in [1.807, 2.05) is 0 Å². The Morgan fingerprint density at radius 1 is 1.33 bits per heavy atom. The zero-order valence-corrected chi connectivity index (χ0v) is 9.45. The van der Waals surface area contributed by atoms with Crippen LogP contribution in [0.5, 0.6) is 0 Å². The summed E-state index contributed by atoms with van der Waals surface area (Å²) in [5, 5.41) is 4.41. The van der Waals surface area contributed by atoms with Crippen molar-refractivity contribution in [3.05, 3.63) is 0 Å². The van der Waals surface area contributed by atoms with Crippen molar-refractivity contribution in [1.29, 1.82) is 0 Å². The fourth-order valence-corrected chi connectivity index (χ4v) is 3.19. The van der Waals surface area contributed by atoms with Crippen molar-refractivity contribution < 1.29 is 0 Å². The van der Waals surface area contributed by atoms with Crippen LogP contribution in [0, 0.1) is 11.8 Å². The van der Waals surface area contributed by atoms with Crippen LogP contribution in [-0.2, 0) is 0 Å². The molecular formula is C10H21NS. The fourth-order valence-electron chi connectivity index (χ4n) is 1.75. The highest BCUT2D eigenvalue weighted by Gasteiger charge is 2.24. The van der Waals surface area contributed by atoms with E-state index in [2.05, 4.69) is 44.8 Å². The molecule has 1 rings (SSSR count). The van der Waals surface area contributed by atoms with Gasteiger partial charge < -0.3 is 5.32 Å². The molecule has 1 heterocycles. The summed E-state index contributed by atoms with van der Waals surface area (Å²) in [4.78, 5) is 0. The molecule has 3 unspecified atom stereocenters. The first-order valence-corrected chi connectivity index (χ1v) is 6.01. The van der Waals surface area contributed by atoms with Crippen LogP contribution >= 0.6 is 11.8 Å². The van der Waals surface area contributed by atoms with Crippen molar-refractivity contribution >= 4 is 11.8 Å². The van der Waals surface area contributed by atoms with Gasteiger partial charge in [-0.2, -0.15) is 11.8 Å². The molecule has 1 nitrogen and oxygen atoms in total. The van der Waals surface area contributed by atoms with Crippen LogP contribution in [0.1, 0.15) is 27.7 Å². The molecule has 0 bridgehead atoms. The minimum atomic E-state index is 0.681. The highest BCUT2D eigenvalue weighted by Crippen LogP contribution is 2.27. The Morgan fingerprint density at radius 3 is 2.58 bits per heavy atom. The second-order valence-electron chi connectivity index (χ2n) is 4.34. The molecule has 1 fully saturated rings. The Hall–Kier alpha value is 0.310. The number of hydrogen-bond acceptors (Lipinski definition) is 2. The third-order valence-corrected chi connectivity index (χ3v) is 4.61. The Bertz CT molecular complexity index is 136. The smallest absolute Gasteiger partial charge is 0.0221 e. The molecule has 1 saturated heterocycles. The molecule has 1 aliphatic rings. The van der Waals surface area contributed by atoms with Gasteiger partial charge in [-0.25, -0.2) is 0 Å². The lowest BCUT2D eigenvalue weighted by Gasteiger charge is -2.24. The van der Waals surface area contributed by atoms with Crippen LogP contribution in [0.4, 0.5) is 0 Å². The predicted molar refractivity (Wildman–Crippen MR) is 57.7 cm³/mol. The van der Waals surface area contributed by atoms with Gasteiger partial charge in [-0.3, -0.25) is 0 Å². The molecule has 0 aliphatic carbocycles. The molecule has 3 atom stereocenters. The summed E-state index contributed by atoms with van der Waals surface area (Å²) in [6, 6.07) is 0.681. The van der Waals surface area contributed by atoms with E-state index in [1.165, 1.54) is 12.3 Å². The van der Waals surface area contributed by atoms with E-state index in [0.717, 1.165) is 17.1 Å². The van der Waals surface area contributed by atoms with Crippen LogP contribution in [0.25, 0.3) is 0 Å². The number of thioether (sulfide) groups is 1. The third kappa shape index (κ3) is 2.67. The predicted octanol–water partition coefficient (Wildman–Crippen LogP) is 2.37. The monoisotopic (exact) mass is 187 g/mol. The SMILES string of the molecule is CC1CNC(C)C(C(C)C)SC1. The van der Waals surface area contributed by atoms with Crippen molar-refractivity contribution in [2.24, 2.45) is 11.8 Å². The summed E-state index contributed by atoms with van der Waals surface area (Å²) < 4.78 is 0. The average Bonchev–Trinajstić information content (AvgIpc) is 2.14. The molecular weight excluding hydrogens is 166 g/mol. The number of hydrogen-bond donors (Lipinski definition) is 1. The van der Waals surface area contributed by atoms with Gasteiger partial charge in [-0.15, -0.1) is 0 Å². The summed E-state index contributed by atoms with van der Waals surface area (Å²) in [6.45, 7) is 10.5. The van der Waals surface area contributed by atoms with Gasteiger partial charge in [0.05, 0.1) is 0 Å². The molecule has 0 aromatic carbocycles. The van der Waals surface area contributed by atoms with Gasteiger partial charge in [0, 0.05) is 11.3 Å². The summed E-state index contributed by atoms with van der Waals surface area (Å²) in [5.74, 6) is 2.95. The molecule has 72 valence electrons. The van der Waals surface area contributed by atoms with E-state index < -0.39 is 0 Å². The number of nitrogens with one attached hydrogen (secondary N) is 1. The van der Waals surface area contributed by atoms with Gasteiger partial charge in [-0.05, 0) is 31.1 Å². The zero-order valence-electron chi connectivity index (χ0n) is 8.63. The van der Waals surface area contributed by atoms with Crippen LogP contribution in [0.2, 0.25) is 0 Å². The van der Waals surface area contributed by atoms with Gasteiger partial charge in [0.25, 0.3) is 0 Å². The Labute approximate surface area is 80.7 Å². The third-order valence-electron chi connectivity index (χ3n) is 2.51. The quantitative estimate of drug-likeness (QED) is 0.676. The molecule has 1 aliphatic heterocycles. The van der Waals surface area contributed by atoms with Gasteiger partial charge in [-0.1, -0.05) is 20.8 Å². The van der Waals surface area contributed by atoms with Crippen molar-refractivity contribution in [2.75, 3.05) is 12.3 Å². The summed E-state index contributed by atoms with van der Waals surface area (Å²) in [7, 11) is 0. The highest BCUT2D eigenvalue weighted by molar-refractivity contribution is 8.00. The van der Waals surface area contributed by atoms with E-state index in [0.29, 0.717) is 6.04 Å². The van der Waals surface area contributed by atoms with Crippen LogP contribution < -0.4 is 5.32 Å². The van der Waals surface area contributed by atoms with Gasteiger partial charge >= 0.3 is 0 Å². The maximum atomic E-state index is 3.60. The van der Waals surface area contributed by atoms with E-state index in [-0.39, 0.29) is 0 Å². The van der Waals surface area contributed by atoms with E-state index in [4.69, 9.17) is 0 Å². The van der Waals surface area contributed by atoms with Gasteiger partial charge in [0.15, 0.2) is 0 Å². The molecule has 0 aromatic rings. The Morgan fingerprint density at radius 2 is 2.00 bits per heavy atom. The maximum Gasteiger partial charge on any atom is 0.0221 e. The molecule has 0 aromatic heterocycles. The van der Waals surface area contributed by atoms with Crippen molar-refractivity contribution in [3.8, 4) is 0 Å². The largest absolute Gasteiger partial charge is 0.313 e. The second-order valence-corrected chi connectivity index (χ2v) is 5.56. The lowest BCUT2D eigenvalue weighted by molar-refractivity contribution is 0.444. The van der Waals surface area contributed by atoms with E-state index >= 15 is 0 Å². The second kappa shape index (κ2) is 4.52. The highest BCUT2D eigenvalue weighted by atomic mass is 32.2.